The van der Waals surface area contributed by atoms with Crippen molar-refractivity contribution in [2.75, 3.05) is 20.2 Å². The average molecular weight is 378 g/mol. The van der Waals surface area contributed by atoms with Crippen LogP contribution in [0.1, 0.15) is 6.92 Å². The van der Waals surface area contributed by atoms with Crippen molar-refractivity contribution >= 4 is 31.9 Å². The Bertz CT molecular complexity index is 661. The fourth-order valence-corrected chi connectivity index (χ4v) is 4.68. The molecular formula is C13H16BrNO5S. The van der Waals surface area contributed by atoms with E-state index in [1.807, 2.05) is 0 Å². The monoisotopic (exact) mass is 377 g/mol. The lowest BCUT2D eigenvalue weighted by molar-refractivity contribution is -0.142. The van der Waals surface area contributed by atoms with Crippen molar-refractivity contribution in [1.29, 1.82) is 0 Å². The van der Waals surface area contributed by atoms with Crippen LogP contribution in [0.25, 0.3) is 0 Å². The van der Waals surface area contributed by atoms with E-state index in [1.54, 1.807) is 13.0 Å². The molecular weight excluding hydrogens is 362 g/mol. The third-order valence-corrected chi connectivity index (χ3v) is 6.10. The number of carbonyl (C=O) groups is 1. The molecule has 0 bridgehead atoms. The van der Waals surface area contributed by atoms with E-state index in [2.05, 4.69) is 15.9 Å². The van der Waals surface area contributed by atoms with Crippen molar-refractivity contribution in [2.45, 2.75) is 11.8 Å². The highest BCUT2D eigenvalue weighted by atomic mass is 79.9. The molecule has 2 rings (SSSR count). The van der Waals surface area contributed by atoms with Gasteiger partial charge in [0.2, 0.25) is 10.0 Å². The van der Waals surface area contributed by atoms with Crippen LogP contribution in [0.3, 0.4) is 0 Å². The van der Waals surface area contributed by atoms with Gasteiger partial charge in [-0.15, -0.1) is 0 Å². The summed E-state index contributed by atoms with van der Waals surface area (Å²) in [5, 5.41) is 9.10. The van der Waals surface area contributed by atoms with E-state index >= 15 is 0 Å². The van der Waals surface area contributed by atoms with Crippen molar-refractivity contribution in [3.8, 4) is 5.75 Å². The number of carboxylic acids is 1. The van der Waals surface area contributed by atoms with Crippen LogP contribution in [-0.4, -0.2) is 44.0 Å². The standard InChI is InChI=1S/C13H16BrNO5S/c1-8-6-15(7-10(8)13(16)17)21(18,19)9-3-4-12(20-2)11(14)5-9/h3-5,8,10H,6-7H2,1-2H3,(H,16,17)/t8-,10-/m1/s1. The predicted molar refractivity (Wildman–Crippen MR) is 79.7 cm³/mol. The molecule has 1 heterocycles. The Kier molecular flexibility index (Phi) is 4.60. The van der Waals surface area contributed by atoms with Crippen LogP contribution in [-0.2, 0) is 14.8 Å². The molecule has 0 aromatic heterocycles. The Morgan fingerprint density at radius 2 is 2.10 bits per heavy atom. The smallest absolute Gasteiger partial charge is 0.308 e. The lowest BCUT2D eigenvalue weighted by Crippen LogP contribution is -2.30. The zero-order chi connectivity index (χ0) is 15.8. The zero-order valence-electron chi connectivity index (χ0n) is 11.6. The molecule has 8 heteroatoms. The second-order valence-corrected chi connectivity index (χ2v) is 7.83. The molecule has 0 unspecified atom stereocenters. The van der Waals surface area contributed by atoms with Gasteiger partial charge >= 0.3 is 5.97 Å². The number of carboxylic acid groups (broad SMARTS) is 1. The second-order valence-electron chi connectivity index (χ2n) is 5.04. The molecule has 116 valence electrons. The van der Waals surface area contributed by atoms with Gasteiger partial charge < -0.3 is 9.84 Å². The quantitative estimate of drug-likeness (QED) is 0.864. The van der Waals surface area contributed by atoms with E-state index in [0.29, 0.717) is 10.2 Å². The number of benzene rings is 1. The summed E-state index contributed by atoms with van der Waals surface area (Å²) in [5.41, 5.74) is 0. The summed E-state index contributed by atoms with van der Waals surface area (Å²) < 4.78 is 32.0. The number of halogens is 1. The number of aliphatic carboxylic acids is 1. The van der Waals surface area contributed by atoms with E-state index in [4.69, 9.17) is 9.84 Å². The number of methoxy groups -OCH3 is 1. The summed E-state index contributed by atoms with van der Waals surface area (Å²) >= 11 is 3.25. The van der Waals surface area contributed by atoms with E-state index in [0.717, 1.165) is 0 Å². The van der Waals surface area contributed by atoms with E-state index in [9.17, 15) is 13.2 Å². The first kappa shape index (κ1) is 16.3. The summed E-state index contributed by atoms with van der Waals surface area (Å²) in [5.74, 6) is -1.30. The Balaban J connectivity index is 2.31. The number of ether oxygens (including phenoxy) is 1. The van der Waals surface area contributed by atoms with Gasteiger partial charge in [0.25, 0.3) is 0 Å². The minimum Gasteiger partial charge on any atom is -0.496 e. The lowest BCUT2D eigenvalue weighted by atomic mass is 9.99. The molecule has 0 amide bonds. The average Bonchev–Trinajstić information content (AvgIpc) is 2.81. The van der Waals surface area contributed by atoms with Crippen LogP contribution in [0.5, 0.6) is 5.75 Å². The molecule has 0 saturated carbocycles. The number of nitrogens with zero attached hydrogens (tertiary/aromatic N) is 1. The van der Waals surface area contributed by atoms with Crippen molar-refractivity contribution in [3.05, 3.63) is 22.7 Å². The van der Waals surface area contributed by atoms with Crippen molar-refractivity contribution in [2.24, 2.45) is 11.8 Å². The van der Waals surface area contributed by atoms with Crippen LogP contribution in [0.2, 0.25) is 0 Å². The summed E-state index contributed by atoms with van der Waals surface area (Å²) in [6.07, 6.45) is 0. The number of sulfonamides is 1. The van der Waals surface area contributed by atoms with Gasteiger partial charge in [-0.05, 0) is 40.0 Å². The summed E-state index contributed by atoms with van der Waals surface area (Å²) in [4.78, 5) is 11.2. The van der Waals surface area contributed by atoms with Gasteiger partial charge in [-0.3, -0.25) is 4.79 Å². The first-order valence-corrected chi connectivity index (χ1v) is 8.57. The van der Waals surface area contributed by atoms with Gasteiger partial charge in [0.05, 0.1) is 22.4 Å². The van der Waals surface area contributed by atoms with Crippen LogP contribution in [0.4, 0.5) is 0 Å². The molecule has 21 heavy (non-hydrogen) atoms. The summed E-state index contributed by atoms with van der Waals surface area (Å²) in [7, 11) is -2.21. The van der Waals surface area contributed by atoms with Crippen LogP contribution in [0.15, 0.2) is 27.6 Å². The van der Waals surface area contributed by atoms with Gasteiger partial charge in [-0.1, -0.05) is 6.92 Å². The second kappa shape index (κ2) is 5.94. The van der Waals surface area contributed by atoms with Gasteiger partial charge in [0, 0.05) is 13.1 Å². The molecule has 1 aromatic rings. The van der Waals surface area contributed by atoms with Crippen molar-refractivity contribution in [3.63, 3.8) is 0 Å². The van der Waals surface area contributed by atoms with Crippen LogP contribution in [0, 0.1) is 11.8 Å². The highest BCUT2D eigenvalue weighted by Crippen LogP contribution is 2.32. The first-order valence-electron chi connectivity index (χ1n) is 6.34. The molecule has 1 aromatic carbocycles. The number of rotatable bonds is 4. The fraction of sp³-hybridized carbons (Fsp3) is 0.462. The molecule has 1 aliphatic heterocycles. The molecule has 0 spiro atoms. The van der Waals surface area contributed by atoms with E-state index in [-0.39, 0.29) is 23.9 Å². The fourth-order valence-electron chi connectivity index (χ4n) is 2.40. The zero-order valence-corrected chi connectivity index (χ0v) is 14.0. The summed E-state index contributed by atoms with van der Waals surface area (Å²) in [6, 6.07) is 4.48. The van der Waals surface area contributed by atoms with Crippen LogP contribution >= 0.6 is 15.9 Å². The van der Waals surface area contributed by atoms with Gasteiger partial charge in [-0.2, -0.15) is 4.31 Å². The van der Waals surface area contributed by atoms with Gasteiger partial charge in [0.1, 0.15) is 5.75 Å². The molecule has 1 aliphatic rings. The molecule has 1 saturated heterocycles. The maximum Gasteiger partial charge on any atom is 0.308 e. The third-order valence-electron chi connectivity index (χ3n) is 3.66. The largest absolute Gasteiger partial charge is 0.496 e. The highest BCUT2D eigenvalue weighted by molar-refractivity contribution is 9.10. The van der Waals surface area contributed by atoms with Gasteiger partial charge in [0.15, 0.2) is 0 Å². The van der Waals surface area contributed by atoms with Crippen molar-refractivity contribution < 1.29 is 23.1 Å². The minimum absolute atomic E-state index is 0.00246. The van der Waals surface area contributed by atoms with Crippen molar-refractivity contribution in [1.82, 2.24) is 4.31 Å². The van der Waals surface area contributed by atoms with Gasteiger partial charge in [-0.25, -0.2) is 8.42 Å². The highest BCUT2D eigenvalue weighted by Gasteiger charge is 2.40. The topological polar surface area (TPSA) is 83.9 Å². The molecule has 0 radical (unpaired) electrons. The SMILES string of the molecule is COc1ccc(S(=O)(=O)N2C[C@@H](C)[C@H](C(=O)O)C2)cc1Br. The predicted octanol–water partition coefficient (Wildman–Crippen LogP) is 1.80. The Morgan fingerprint density at radius 1 is 1.43 bits per heavy atom. The normalized spacial score (nSPS) is 23.2. The molecule has 6 nitrogen and oxygen atoms in total. The Labute approximate surface area is 131 Å². The minimum atomic E-state index is -3.70. The Morgan fingerprint density at radius 3 is 2.57 bits per heavy atom. The maximum absolute atomic E-state index is 12.6. The van der Waals surface area contributed by atoms with E-state index in [1.165, 1.54) is 23.5 Å². The first-order chi connectivity index (χ1) is 9.77. The summed E-state index contributed by atoms with van der Waals surface area (Å²) in [6.45, 7) is 1.96. The Hall–Kier alpha value is -1.12. The third kappa shape index (κ3) is 3.07. The van der Waals surface area contributed by atoms with Crippen LogP contribution < -0.4 is 4.74 Å². The maximum atomic E-state index is 12.6. The van der Waals surface area contributed by atoms with E-state index < -0.39 is 21.9 Å². The number of hydrogen-bond acceptors (Lipinski definition) is 4. The molecule has 1 fully saturated rings. The number of hydrogen-bond donors (Lipinski definition) is 1. The lowest BCUT2D eigenvalue weighted by Gasteiger charge is -2.16. The molecule has 1 N–H and O–H groups in total. The molecule has 2 atom stereocenters. The molecule has 0 aliphatic carbocycles.